The normalized spacial score (nSPS) is 10.7. The lowest BCUT2D eigenvalue weighted by atomic mass is 10.1. The van der Waals surface area contributed by atoms with Crippen molar-refractivity contribution in [2.45, 2.75) is 33.7 Å². The van der Waals surface area contributed by atoms with Crippen molar-refractivity contribution in [3.05, 3.63) is 50.2 Å². The van der Waals surface area contributed by atoms with E-state index in [2.05, 4.69) is 50.2 Å². The fraction of sp³-hybridized carbons (Fsp3) is 0.312. The number of nitrogens with zero attached hydrogens (tertiary/aromatic N) is 1. The molecule has 0 aliphatic heterocycles. The SMILES string of the molecule is CCCn1cc(Br)cc1C(=O)Nc1c(C)cc(C)cc1Br. The standard InChI is InChI=1S/C16H18Br2N2O/c1-4-5-20-9-12(17)8-14(20)16(21)19-15-11(3)6-10(2)7-13(15)18/h6-9H,4-5H2,1-3H3,(H,19,21). The fourth-order valence-electron chi connectivity index (χ4n) is 2.34. The Labute approximate surface area is 142 Å². The lowest BCUT2D eigenvalue weighted by molar-refractivity contribution is 0.101. The van der Waals surface area contributed by atoms with Gasteiger partial charge in [0.1, 0.15) is 5.69 Å². The van der Waals surface area contributed by atoms with Crippen LogP contribution in [0, 0.1) is 13.8 Å². The van der Waals surface area contributed by atoms with E-state index in [0.29, 0.717) is 5.69 Å². The first-order chi connectivity index (χ1) is 9.92. The van der Waals surface area contributed by atoms with E-state index in [1.807, 2.05) is 36.7 Å². The molecule has 0 radical (unpaired) electrons. The summed E-state index contributed by atoms with van der Waals surface area (Å²) in [5.41, 5.74) is 3.69. The number of rotatable bonds is 4. The second kappa shape index (κ2) is 6.79. The van der Waals surface area contributed by atoms with Crippen LogP contribution in [0.15, 0.2) is 33.3 Å². The van der Waals surface area contributed by atoms with Crippen molar-refractivity contribution in [3.63, 3.8) is 0 Å². The lowest BCUT2D eigenvalue weighted by Gasteiger charge is -2.13. The summed E-state index contributed by atoms with van der Waals surface area (Å²) in [5.74, 6) is -0.0956. The van der Waals surface area contributed by atoms with Gasteiger partial charge in [0.25, 0.3) is 5.91 Å². The zero-order chi connectivity index (χ0) is 15.6. The summed E-state index contributed by atoms with van der Waals surface area (Å²) in [4.78, 5) is 12.5. The summed E-state index contributed by atoms with van der Waals surface area (Å²) in [7, 11) is 0. The number of hydrogen-bond donors (Lipinski definition) is 1. The van der Waals surface area contributed by atoms with Crippen LogP contribution in [0.1, 0.15) is 35.0 Å². The zero-order valence-electron chi connectivity index (χ0n) is 12.3. The molecular formula is C16H18Br2N2O. The average Bonchev–Trinajstić information content (AvgIpc) is 2.75. The highest BCUT2D eigenvalue weighted by Crippen LogP contribution is 2.28. The molecule has 0 fully saturated rings. The molecule has 0 aliphatic carbocycles. The highest BCUT2D eigenvalue weighted by molar-refractivity contribution is 9.10. The summed E-state index contributed by atoms with van der Waals surface area (Å²) in [6.45, 7) is 6.94. The van der Waals surface area contributed by atoms with Crippen LogP contribution in [0.5, 0.6) is 0 Å². The van der Waals surface area contributed by atoms with Gasteiger partial charge in [-0.25, -0.2) is 0 Å². The third kappa shape index (κ3) is 3.77. The summed E-state index contributed by atoms with van der Waals surface area (Å²) in [6, 6.07) is 5.91. The molecule has 0 atom stereocenters. The van der Waals surface area contributed by atoms with Crippen molar-refractivity contribution in [2.75, 3.05) is 5.32 Å². The second-order valence-electron chi connectivity index (χ2n) is 5.13. The first-order valence-electron chi connectivity index (χ1n) is 6.86. The maximum absolute atomic E-state index is 12.5. The minimum absolute atomic E-state index is 0.0956. The molecule has 1 amide bonds. The van der Waals surface area contributed by atoms with Gasteiger partial charge in [-0.15, -0.1) is 0 Å². The van der Waals surface area contributed by atoms with Crippen molar-refractivity contribution in [2.24, 2.45) is 0 Å². The van der Waals surface area contributed by atoms with Crippen molar-refractivity contribution in [1.29, 1.82) is 0 Å². The number of amides is 1. The first kappa shape index (κ1) is 16.3. The summed E-state index contributed by atoms with van der Waals surface area (Å²) < 4.78 is 3.79. The number of anilines is 1. The van der Waals surface area contributed by atoms with E-state index in [1.54, 1.807) is 0 Å². The number of halogens is 2. The smallest absolute Gasteiger partial charge is 0.272 e. The molecule has 1 N–H and O–H groups in total. The minimum atomic E-state index is -0.0956. The molecule has 2 aromatic rings. The number of carbonyl (C=O) groups is 1. The van der Waals surface area contributed by atoms with Gasteiger partial charge in [-0.1, -0.05) is 13.0 Å². The Morgan fingerprint density at radius 2 is 1.95 bits per heavy atom. The molecule has 21 heavy (non-hydrogen) atoms. The largest absolute Gasteiger partial charge is 0.342 e. The van der Waals surface area contributed by atoms with Crippen LogP contribution >= 0.6 is 31.9 Å². The Bertz CT molecular complexity index is 654. The van der Waals surface area contributed by atoms with Gasteiger partial charge in [-0.2, -0.15) is 0 Å². The van der Waals surface area contributed by atoms with Crippen LogP contribution in [0.3, 0.4) is 0 Å². The van der Waals surface area contributed by atoms with Gasteiger partial charge in [0, 0.05) is 21.7 Å². The van der Waals surface area contributed by atoms with Crippen LogP contribution in [-0.2, 0) is 6.54 Å². The van der Waals surface area contributed by atoms with Gasteiger partial charge >= 0.3 is 0 Å². The summed E-state index contributed by atoms with van der Waals surface area (Å²) in [6.07, 6.45) is 2.92. The zero-order valence-corrected chi connectivity index (χ0v) is 15.5. The van der Waals surface area contributed by atoms with Gasteiger partial charge in [-0.3, -0.25) is 4.79 Å². The Morgan fingerprint density at radius 3 is 2.57 bits per heavy atom. The van der Waals surface area contributed by atoms with Crippen LogP contribution in [0.2, 0.25) is 0 Å². The Kier molecular flexibility index (Phi) is 5.27. The molecule has 0 aliphatic rings. The predicted octanol–water partition coefficient (Wildman–Crippen LogP) is 5.29. The molecule has 1 heterocycles. The third-order valence-electron chi connectivity index (χ3n) is 3.23. The van der Waals surface area contributed by atoms with E-state index in [9.17, 15) is 4.79 Å². The molecule has 1 aromatic carbocycles. The van der Waals surface area contributed by atoms with Crippen LogP contribution < -0.4 is 5.32 Å². The van der Waals surface area contributed by atoms with Gasteiger partial charge in [0.15, 0.2) is 0 Å². The number of nitrogens with one attached hydrogen (secondary N) is 1. The van der Waals surface area contributed by atoms with Gasteiger partial charge in [0.2, 0.25) is 0 Å². The van der Waals surface area contributed by atoms with Crippen LogP contribution in [0.4, 0.5) is 5.69 Å². The summed E-state index contributed by atoms with van der Waals surface area (Å²) >= 11 is 6.96. The topological polar surface area (TPSA) is 34.0 Å². The molecule has 0 bridgehead atoms. The molecule has 5 heteroatoms. The third-order valence-corrected chi connectivity index (χ3v) is 4.29. The molecule has 3 nitrogen and oxygen atoms in total. The first-order valence-corrected chi connectivity index (χ1v) is 8.44. The highest BCUT2D eigenvalue weighted by Gasteiger charge is 2.15. The maximum Gasteiger partial charge on any atom is 0.272 e. The van der Waals surface area contributed by atoms with Crippen molar-refractivity contribution >= 4 is 43.5 Å². The molecule has 0 unspecified atom stereocenters. The Morgan fingerprint density at radius 1 is 1.24 bits per heavy atom. The van der Waals surface area contributed by atoms with E-state index >= 15 is 0 Å². The van der Waals surface area contributed by atoms with E-state index in [4.69, 9.17) is 0 Å². The Balaban J connectivity index is 2.30. The van der Waals surface area contributed by atoms with Crippen molar-refractivity contribution < 1.29 is 4.79 Å². The number of hydrogen-bond acceptors (Lipinski definition) is 1. The quantitative estimate of drug-likeness (QED) is 0.725. The van der Waals surface area contributed by atoms with Crippen molar-refractivity contribution in [3.8, 4) is 0 Å². The summed E-state index contributed by atoms with van der Waals surface area (Å²) in [5, 5.41) is 3.01. The van der Waals surface area contributed by atoms with Gasteiger partial charge < -0.3 is 9.88 Å². The number of aromatic nitrogens is 1. The highest BCUT2D eigenvalue weighted by atomic mass is 79.9. The van der Waals surface area contributed by atoms with Crippen LogP contribution in [-0.4, -0.2) is 10.5 Å². The minimum Gasteiger partial charge on any atom is -0.342 e. The second-order valence-corrected chi connectivity index (χ2v) is 6.90. The molecule has 112 valence electrons. The molecule has 1 aromatic heterocycles. The van der Waals surface area contributed by atoms with Gasteiger partial charge in [0.05, 0.1) is 5.69 Å². The number of aryl methyl sites for hydroxylation is 3. The molecular weight excluding hydrogens is 396 g/mol. The van der Waals surface area contributed by atoms with Crippen molar-refractivity contribution in [1.82, 2.24) is 4.57 Å². The lowest BCUT2D eigenvalue weighted by Crippen LogP contribution is -2.17. The van der Waals surface area contributed by atoms with E-state index < -0.39 is 0 Å². The predicted molar refractivity (Wildman–Crippen MR) is 94.0 cm³/mol. The molecule has 0 saturated heterocycles. The molecule has 0 saturated carbocycles. The molecule has 2 rings (SSSR count). The van der Waals surface area contributed by atoms with E-state index in [1.165, 1.54) is 0 Å². The molecule has 0 spiro atoms. The number of benzene rings is 1. The van der Waals surface area contributed by atoms with Crippen LogP contribution in [0.25, 0.3) is 0 Å². The monoisotopic (exact) mass is 412 g/mol. The van der Waals surface area contributed by atoms with E-state index in [0.717, 1.165) is 38.7 Å². The average molecular weight is 414 g/mol. The fourth-order valence-corrected chi connectivity index (χ4v) is 3.58. The Hall–Kier alpha value is -1.07. The number of carbonyl (C=O) groups excluding carboxylic acids is 1. The maximum atomic E-state index is 12.5. The van der Waals surface area contributed by atoms with Gasteiger partial charge in [-0.05, 0) is 75.4 Å². The van der Waals surface area contributed by atoms with E-state index in [-0.39, 0.29) is 5.91 Å².